The Labute approximate surface area is 118 Å². The molecule has 0 aliphatic rings. The molecule has 4 nitrogen and oxygen atoms in total. The van der Waals surface area contributed by atoms with Gasteiger partial charge in [0.05, 0.1) is 12.1 Å². The van der Waals surface area contributed by atoms with E-state index < -0.39 is 5.60 Å². The Morgan fingerprint density at radius 3 is 2.50 bits per heavy atom. The summed E-state index contributed by atoms with van der Waals surface area (Å²) in [4.78, 5) is 12.0. The zero-order chi connectivity index (χ0) is 14.8. The number of rotatable bonds is 3. The van der Waals surface area contributed by atoms with Crippen molar-refractivity contribution in [2.75, 3.05) is 0 Å². The molecule has 20 heavy (non-hydrogen) atoms. The van der Waals surface area contributed by atoms with Crippen LogP contribution in [0.15, 0.2) is 34.9 Å². The van der Waals surface area contributed by atoms with Crippen LogP contribution in [0.25, 0.3) is 11.3 Å². The summed E-state index contributed by atoms with van der Waals surface area (Å²) in [5.74, 6) is 0.356. The predicted molar refractivity (Wildman–Crippen MR) is 76.2 cm³/mol. The van der Waals surface area contributed by atoms with Crippen LogP contribution in [0.1, 0.15) is 32.0 Å². The molecule has 0 saturated heterocycles. The van der Waals surface area contributed by atoms with Crippen LogP contribution in [0.4, 0.5) is 0 Å². The average molecular weight is 273 g/mol. The maximum Gasteiger partial charge on any atom is 0.310 e. The number of hydrogen-bond donors (Lipinski definition) is 0. The average Bonchev–Trinajstić information content (AvgIpc) is 2.70. The maximum atomic E-state index is 12.0. The highest BCUT2D eigenvalue weighted by Crippen LogP contribution is 2.27. The third kappa shape index (κ3) is 3.47. The minimum Gasteiger partial charge on any atom is -0.460 e. The molecule has 0 atom stereocenters. The second-order valence-electron chi connectivity index (χ2n) is 5.70. The lowest BCUT2D eigenvalue weighted by molar-refractivity contribution is -0.153. The lowest BCUT2D eigenvalue weighted by atomic mass is 10.0. The Bertz CT molecular complexity index is 594. The van der Waals surface area contributed by atoms with Gasteiger partial charge in [0.2, 0.25) is 0 Å². The van der Waals surface area contributed by atoms with Crippen LogP contribution in [0, 0.1) is 6.92 Å². The van der Waals surface area contributed by atoms with Crippen molar-refractivity contribution in [2.45, 2.75) is 39.7 Å². The Morgan fingerprint density at radius 2 is 1.90 bits per heavy atom. The highest BCUT2D eigenvalue weighted by Gasteiger charge is 2.22. The first-order valence-electron chi connectivity index (χ1n) is 6.59. The SMILES string of the molecule is Cc1noc(-c2ccccc2)c1CC(=O)OC(C)(C)C. The monoisotopic (exact) mass is 273 g/mol. The van der Waals surface area contributed by atoms with Crippen LogP contribution >= 0.6 is 0 Å². The van der Waals surface area contributed by atoms with E-state index in [9.17, 15) is 4.79 Å². The van der Waals surface area contributed by atoms with Crippen molar-refractivity contribution in [3.63, 3.8) is 0 Å². The van der Waals surface area contributed by atoms with Crippen molar-refractivity contribution < 1.29 is 14.1 Å². The van der Waals surface area contributed by atoms with Crippen molar-refractivity contribution in [3.8, 4) is 11.3 Å². The number of hydrogen-bond acceptors (Lipinski definition) is 4. The van der Waals surface area contributed by atoms with E-state index in [4.69, 9.17) is 9.26 Å². The van der Waals surface area contributed by atoms with Gasteiger partial charge in [-0.05, 0) is 27.7 Å². The lowest BCUT2D eigenvalue weighted by Gasteiger charge is -2.19. The Hall–Kier alpha value is -2.10. The summed E-state index contributed by atoms with van der Waals surface area (Å²) < 4.78 is 10.7. The summed E-state index contributed by atoms with van der Waals surface area (Å²) in [5.41, 5.74) is 1.92. The fraction of sp³-hybridized carbons (Fsp3) is 0.375. The molecule has 0 N–H and O–H groups in total. The summed E-state index contributed by atoms with van der Waals surface area (Å²) in [7, 11) is 0. The number of ether oxygens (including phenoxy) is 1. The number of carbonyl (C=O) groups is 1. The van der Waals surface area contributed by atoms with Gasteiger partial charge in [-0.3, -0.25) is 4.79 Å². The number of benzene rings is 1. The van der Waals surface area contributed by atoms with Crippen molar-refractivity contribution in [3.05, 3.63) is 41.6 Å². The number of esters is 1. The fourth-order valence-electron chi connectivity index (χ4n) is 1.94. The van der Waals surface area contributed by atoms with Gasteiger partial charge < -0.3 is 9.26 Å². The van der Waals surface area contributed by atoms with Gasteiger partial charge in [-0.25, -0.2) is 0 Å². The predicted octanol–water partition coefficient (Wildman–Crippen LogP) is 3.53. The van der Waals surface area contributed by atoms with Gasteiger partial charge in [0.25, 0.3) is 0 Å². The number of aromatic nitrogens is 1. The fourth-order valence-corrected chi connectivity index (χ4v) is 1.94. The Morgan fingerprint density at radius 1 is 1.25 bits per heavy atom. The molecular weight excluding hydrogens is 254 g/mol. The first-order chi connectivity index (χ1) is 9.37. The third-order valence-electron chi connectivity index (χ3n) is 2.76. The molecule has 0 spiro atoms. The van der Waals surface area contributed by atoms with Crippen LogP contribution in [0.5, 0.6) is 0 Å². The summed E-state index contributed by atoms with van der Waals surface area (Å²) >= 11 is 0. The normalized spacial score (nSPS) is 11.4. The van der Waals surface area contributed by atoms with Crippen LogP contribution in [-0.4, -0.2) is 16.7 Å². The molecule has 2 aromatic rings. The molecule has 4 heteroatoms. The van der Waals surface area contributed by atoms with Crippen molar-refractivity contribution in [1.82, 2.24) is 5.16 Å². The van der Waals surface area contributed by atoms with E-state index in [2.05, 4.69) is 5.16 Å². The van der Waals surface area contributed by atoms with Gasteiger partial charge in [-0.15, -0.1) is 0 Å². The summed E-state index contributed by atoms with van der Waals surface area (Å²) in [6.07, 6.45) is 0.164. The van der Waals surface area contributed by atoms with Crippen molar-refractivity contribution in [2.24, 2.45) is 0 Å². The number of carbonyl (C=O) groups excluding carboxylic acids is 1. The molecule has 2 rings (SSSR count). The van der Waals surface area contributed by atoms with E-state index in [0.29, 0.717) is 5.76 Å². The highest BCUT2D eigenvalue weighted by molar-refractivity contribution is 5.76. The van der Waals surface area contributed by atoms with E-state index >= 15 is 0 Å². The summed E-state index contributed by atoms with van der Waals surface area (Å²) in [6, 6.07) is 9.63. The second-order valence-corrected chi connectivity index (χ2v) is 5.70. The van der Waals surface area contributed by atoms with Crippen LogP contribution in [0.2, 0.25) is 0 Å². The highest BCUT2D eigenvalue weighted by atomic mass is 16.6. The van der Waals surface area contributed by atoms with Gasteiger partial charge in [-0.1, -0.05) is 35.5 Å². The zero-order valence-electron chi connectivity index (χ0n) is 12.3. The molecular formula is C16H19NO3. The number of aryl methyl sites for hydroxylation is 1. The first kappa shape index (κ1) is 14.3. The molecule has 1 aromatic carbocycles. The van der Waals surface area contributed by atoms with Gasteiger partial charge in [-0.2, -0.15) is 0 Å². The minimum atomic E-state index is -0.491. The largest absolute Gasteiger partial charge is 0.460 e. The molecule has 0 radical (unpaired) electrons. The molecule has 1 aromatic heterocycles. The standard InChI is InChI=1S/C16H19NO3/c1-11-13(10-14(18)19-16(2,3)4)15(20-17-11)12-8-6-5-7-9-12/h5-9H,10H2,1-4H3. The first-order valence-corrected chi connectivity index (χ1v) is 6.59. The van der Waals surface area contributed by atoms with Gasteiger partial charge in [0, 0.05) is 11.1 Å². The molecule has 0 aliphatic heterocycles. The molecule has 0 aliphatic carbocycles. The molecule has 0 bridgehead atoms. The van der Waals surface area contributed by atoms with E-state index in [1.54, 1.807) is 0 Å². The van der Waals surface area contributed by atoms with Crippen molar-refractivity contribution >= 4 is 5.97 Å². The summed E-state index contributed by atoms with van der Waals surface area (Å²) in [6.45, 7) is 7.38. The second kappa shape index (κ2) is 5.49. The van der Waals surface area contributed by atoms with E-state index in [1.807, 2.05) is 58.0 Å². The summed E-state index contributed by atoms with van der Waals surface area (Å²) in [5, 5.41) is 3.96. The third-order valence-corrected chi connectivity index (χ3v) is 2.76. The molecule has 106 valence electrons. The van der Waals surface area contributed by atoms with E-state index in [0.717, 1.165) is 16.8 Å². The molecule has 0 fully saturated rings. The minimum absolute atomic E-state index is 0.164. The van der Waals surface area contributed by atoms with E-state index in [1.165, 1.54) is 0 Å². The topological polar surface area (TPSA) is 52.3 Å². The quantitative estimate of drug-likeness (QED) is 0.803. The molecule has 0 unspecified atom stereocenters. The van der Waals surface area contributed by atoms with Gasteiger partial charge in [0.15, 0.2) is 5.76 Å². The Balaban J connectivity index is 2.25. The Kier molecular flexibility index (Phi) is 3.93. The van der Waals surface area contributed by atoms with Gasteiger partial charge in [0.1, 0.15) is 5.60 Å². The zero-order valence-corrected chi connectivity index (χ0v) is 12.3. The smallest absolute Gasteiger partial charge is 0.310 e. The van der Waals surface area contributed by atoms with Crippen LogP contribution in [-0.2, 0) is 16.0 Å². The maximum absolute atomic E-state index is 12.0. The van der Waals surface area contributed by atoms with Gasteiger partial charge >= 0.3 is 5.97 Å². The van der Waals surface area contributed by atoms with E-state index in [-0.39, 0.29) is 12.4 Å². The molecule has 0 amide bonds. The lowest BCUT2D eigenvalue weighted by Crippen LogP contribution is -2.25. The van der Waals surface area contributed by atoms with Crippen LogP contribution in [0.3, 0.4) is 0 Å². The van der Waals surface area contributed by atoms with Crippen molar-refractivity contribution in [1.29, 1.82) is 0 Å². The molecule has 1 heterocycles. The van der Waals surface area contributed by atoms with Crippen LogP contribution < -0.4 is 0 Å². The number of nitrogens with zero attached hydrogens (tertiary/aromatic N) is 1. The molecule has 0 saturated carbocycles.